The van der Waals surface area contributed by atoms with Crippen LogP contribution in [0.25, 0.3) is 0 Å². The molecule has 0 saturated carbocycles. The van der Waals surface area contributed by atoms with Gasteiger partial charge in [0.2, 0.25) is 0 Å². The fraction of sp³-hybridized carbons (Fsp3) is 0.222. The van der Waals surface area contributed by atoms with Crippen LogP contribution in [0.4, 0.5) is 10.5 Å². The smallest absolute Gasteiger partial charge is 0.319 e. The molecule has 0 spiro atoms. The van der Waals surface area contributed by atoms with Gasteiger partial charge in [-0.2, -0.15) is 0 Å². The van der Waals surface area contributed by atoms with E-state index >= 15 is 0 Å². The Balaban J connectivity index is 2.60. The molecule has 2 amide bonds. The number of halogens is 3. The largest absolute Gasteiger partial charge is 0.337 e. The Morgan fingerprint density at radius 3 is 2.80 bits per heavy atom. The summed E-state index contributed by atoms with van der Waals surface area (Å²) in [5.74, 6) is 0.376. The fourth-order valence-corrected chi connectivity index (χ4v) is 1.73. The molecule has 0 heterocycles. The SMILES string of the molecule is O=C(NCCCl)Nc1ccc(Br)cc1Cl. The van der Waals surface area contributed by atoms with Crippen molar-refractivity contribution in [2.24, 2.45) is 0 Å². The van der Waals surface area contributed by atoms with E-state index in [1.807, 2.05) is 0 Å². The van der Waals surface area contributed by atoms with Crippen LogP contribution in [0.15, 0.2) is 22.7 Å². The van der Waals surface area contributed by atoms with Crippen LogP contribution in [0, 0.1) is 0 Å². The number of urea groups is 1. The third kappa shape index (κ3) is 4.28. The molecule has 0 bridgehead atoms. The summed E-state index contributed by atoms with van der Waals surface area (Å²) in [4.78, 5) is 11.3. The highest BCUT2D eigenvalue weighted by Gasteiger charge is 2.04. The molecule has 0 aliphatic heterocycles. The average Bonchev–Trinajstić information content (AvgIpc) is 2.19. The van der Waals surface area contributed by atoms with Gasteiger partial charge >= 0.3 is 6.03 Å². The molecule has 0 unspecified atom stereocenters. The standard InChI is InChI=1S/C9H9BrCl2N2O/c10-6-1-2-8(7(12)5-6)14-9(15)13-4-3-11/h1-2,5H,3-4H2,(H2,13,14,15). The summed E-state index contributed by atoms with van der Waals surface area (Å²) in [5.41, 5.74) is 0.562. The van der Waals surface area contributed by atoms with Crippen LogP contribution in [0.1, 0.15) is 0 Å². The first kappa shape index (κ1) is 12.6. The van der Waals surface area contributed by atoms with E-state index in [2.05, 4.69) is 26.6 Å². The van der Waals surface area contributed by atoms with Crippen LogP contribution in [0.3, 0.4) is 0 Å². The third-order valence-electron chi connectivity index (χ3n) is 1.56. The summed E-state index contributed by atoms with van der Waals surface area (Å²) >= 11 is 14.6. The molecule has 1 aromatic carbocycles. The number of hydrogen-bond acceptors (Lipinski definition) is 1. The molecule has 0 atom stereocenters. The number of benzene rings is 1. The Hall–Kier alpha value is -0.450. The first-order valence-corrected chi connectivity index (χ1v) is 5.90. The molecule has 3 nitrogen and oxygen atoms in total. The van der Waals surface area contributed by atoms with E-state index in [0.717, 1.165) is 4.47 Å². The first-order chi connectivity index (χ1) is 7.13. The third-order valence-corrected chi connectivity index (χ3v) is 2.55. The monoisotopic (exact) mass is 310 g/mol. The minimum absolute atomic E-state index is 0.320. The zero-order valence-electron chi connectivity index (χ0n) is 7.69. The molecule has 2 N–H and O–H groups in total. The first-order valence-electron chi connectivity index (χ1n) is 4.19. The number of alkyl halides is 1. The van der Waals surface area contributed by atoms with Gasteiger partial charge in [0, 0.05) is 16.9 Å². The van der Waals surface area contributed by atoms with E-state index in [4.69, 9.17) is 23.2 Å². The quantitative estimate of drug-likeness (QED) is 0.825. The van der Waals surface area contributed by atoms with Crippen molar-refractivity contribution >= 4 is 50.9 Å². The van der Waals surface area contributed by atoms with Crippen molar-refractivity contribution in [3.8, 4) is 0 Å². The van der Waals surface area contributed by atoms with Crippen LogP contribution >= 0.6 is 39.1 Å². The zero-order chi connectivity index (χ0) is 11.3. The van der Waals surface area contributed by atoms with E-state index in [1.165, 1.54) is 0 Å². The zero-order valence-corrected chi connectivity index (χ0v) is 10.8. The van der Waals surface area contributed by atoms with Crippen LogP contribution in [-0.4, -0.2) is 18.5 Å². The van der Waals surface area contributed by atoms with Gasteiger partial charge in [-0.25, -0.2) is 4.79 Å². The highest BCUT2D eigenvalue weighted by atomic mass is 79.9. The molecule has 15 heavy (non-hydrogen) atoms. The Morgan fingerprint density at radius 1 is 1.47 bits per heavy atom. The van der Waals surface area contributed by atoms with Crippen molar-refractivity contribution in [1.29, 1.82) is 0 Å². The van der Waals surface area contributed by atoms with E-state index < -0.39 is 0 Å². The summed E-state index contributed by atoms with van der Waals surface area (Å²) in [6.07, 6.45) is 0. The summed E-state index contributed by atoms with van der Waals surface area (Å²) in [5, 5.41) is 5.66. The van der Waals surface area contributed by atoms with Gasteiger partial charge in [-0.05, 0) is 18.2 Å². The lowest BCUT2D eigenvalue weighted by molar-refractivity contribution is 0.252. The van der Waals surface area contributed by atoms with Crippen molar-refractivity contribution < 1.29 is 4.79 Å². The lowest BCUT2D eigenvalue weighted by atomic mass is 10.3. The number of rotatable bonds is 3. The summed E-state index contributed by atoms with van der Waals surface area (Å²) in [6.45, 7) is 0.418. The highest BCUT2D eigenvalue weighted by molar-refractivity contribution is 9.10. The van der Waals surface area contributed by atoms with Gasteiger partial charge in [0.25, 0.3) is 0 Å². The van der Waals surface area contributed by atoms with Crippen molar-refractivity contribution in [1.82, 2.24) is 5.32 Å². The number of carbonyl (C=O) groups excluding carboxylic acids is 1. The molecule has 0 aliphatic rings. The molecule has 0 saturated heterocycles. The molecule has 6 heteroatoms. The normalized spacial score (nSPS) is 9.80. The van der Waals surface area contributed by atoms with Crippen LogP contribution < -0.4 is 10.6 Å². The van der Waals surface area contributed by atoms with Crippen LogP contribution in [0.2, 0.25) is 5.02 Å². The second kappa shape index (κ2) is 6.20. The Labute approximate surface area is 106 Å². The predicted octanol–water partition coefficient (Wildman–Crippen LogP) is 3.46. The summed E-state index contributed by atoms with van der Waals surface area (Å²) in [6, 6.07) is 4.90. The molecular formula is C9H9BrCl2N2O. The van der Waals surface area contributed by atoms with Crippen LogP contribution in [0.5, 0.6) is 0 Å². The van der Waals surface area contributed by atoms with Gasteiger partial charge in [0.15, 0.2) is 0 Å². The van der Waals surface area contributed by atoms with E-state index in [1.54, 1.807) is 18.2 Å². The van der Waals surface area contributed by atoms with Crippen molar-refractivity contribution in [2.75, 3.05) is 17.7 Å². The van der Waals surface area contributed by atoms with Crippen molar-refractivity contribution in [2.45, 2.75) is 0 Å². The van der Waals surface area contributed by atoms with Crippen molar-refractivity contribution in [3.05, 3.63) is 27.7 Å². The molecule has 1 rings (SSSR count). The van der Waals surface area contributed by atoms with Gasteiger partial charge in [-0.15, -0.1) is 11.6 Å². The summed E-state index contributed by atoms with van der Waals surface area (Å²) < 4.78 is 0.860. The summed E-state index contributed by atoms with van der Waals surface area (Å²) in [7, 11) is 0. The topological polar surface area (TPSA) is 41.1 Å². The minimum Gasteiger partial charge on any atom is -0.337 e. The number of anilines is 1. The maximum atomic E-state index is 11.3. The maximum Gasteiger partial charge on any atom is 0.319 e. The number of carbonyl (C=O) groups is 1. The lowest BCUT2D eigenvalue weighted by Crippen LogP contribution is -2.30. The van der Waals surface area contributed by atoms with Crippen molar-refractivity contribution in [3.63, 3.8) is 0 Å². The minimum atomic E-state index is -0.320. The second-order valence-electron chi connectivity index (χ2n) is 2.69. The van der Waals surface area contributed by atoms with Gasteiger partial charge in [-0.3, -0.25) is 0 Å². The number of nitrogens with one attached hydrogen (secondary N) is 2. The fourth-order valence-electron chi connectivity index (χ4n) is 0.918. The lowest BCUT2D eigenvalue weighted by Gasteiger charge is -2.08. The molecule has 0 aromatic heterocycles. The van der Waals surface area contributed by atoms with Gasteiger partial charge in [-0.1, -0.05) is 27.5 Å². The highest BCUT2D eigenvalue weighted by Crippen LogP contribution is 2.25. The van der Waals surface area contributed by atoms with Gasteiger partial charge in [0.05, 0.1) is 10.7 Å². The Morgan fingerprint density at radius 2 is 2.20 bits per heavy atom. The molecule has 82 valence electrons. The maximum absolute atomic E-state index is 11.3. The van der Waals surface area contributed by atoms with E-state index in [-0.39, 0.29) is 6.03 Å². The Kier molecular flexibility index (Phi) is 5.22. The number of amides is 2. The average molecular weight is 312 g/mol. The molecular weight excluding hydrogens is 303 g/mol. The van der Waals surface area contributed by atoms with E-state index in [9.17, 15) is 4.79 Å². The number of hydrogen-bond donors (Lipinski definition) is 2. The predicted molar refractivity (Wildman–Crippen MR) is 66.9 cm³/mol. The molecule has 1 aromatic rings. The van der Waals surface area contributed by atoms with E-state index in [0.29, 0.717) is 23.1 Å². The van der Waals surface area contributed by atoms with Gasteiger partial charge < -0.3 is 10.6 Å². The molecule has 0 aliphatic carbocycles. The Bertz CT molecular complexity index is 360. The molecule has 0 radical (unpaired) electrons. The second-order valence-corrected chi connectivity index (χ2v) is 4.39. The van der Waals surface area contributed by atoms with Gasteiger partial charge in [0.1, 0.15) is 0 Å². The van der Waals surface area contributed by atoms with Crippen LogP contribution in [-0.2, 0) is 0 Å². The molecule has 0 fully saturated rings.